The number of ether oxygens (including phenoxy) is 2. The largest absolute Gasteiger partial charge is 0.489 e. The number of amides is 1. The van der Waals surface area contributed by atoms with E-state index in [-0.39, 0.29) is 47.5 Å². The Bertz CT molecular complexity index is 1810. The molecular formula is C33H39F6N5O4. The maximum absolute atomic E-state index is 15.3. The van der Waals surface area contributed by atoms with Crippen molar-refractivity contribution in [3.05, 3.63) is 70.3 Å². The van der Waals surface area contributed by atoms with Crippen LogP contribution in [0.3, 0.4) is 0 Å². The van der Waals surface area contributed by atoms with Crippen molar-refractivity contribution in [1.29, 1.82) is 0 Å². The topological polar surface area (TPSA) is 94.1 Å². The Labute approximate surface area is 274 Å². The first kappa shape index (κ1) is 36.6. The van der Waals surface area contributed by atoms with Gasteiger partial charge in [0, 0.05) is 48.3 Å². The number of aliphatic hydroxyl groups is 1. The number of pyridine rings is 1. The van der Waals surface area contributed by atoms with Crippen LogP contribution in [0.1, 0.15) is 68.9 Å². The lowest BCUT2D eigenvalue weighted by Gasteiger charge is -2.26. The summed E-state index contributed by atoms with van der Waals surface area (Å²) in [6.07, 6.45) is -5.69. The van der Waals surface area contributed by atoms with E-state index in [1.165, 1.54) is 42.7 Å². The number of carbonyl (C=O) groups excluding carboxylic acids is 1. The number of hydrogen-bond acceptors (Lipinski definition) is 6. The molecule has 3 aromatic heterocycles. The maximum Gasteiger partial charge on any atom is 0.433 e. The molecule has 0 aliphatic rings. The molecule has 0 fully saturated rings. The minimum Gasteiger partial charge on any atom is -0.489 e. The lowest BCUT2D eigenvalue weighted by atomic mass is 9.84. The molecule has 1 unspecified atom stereocenters. The molecule has 262 valence electrons. The van der Waals surface area contributed by atoms with Crippen molar-refractivity contribution in [1.82, 2.24) is 24.3 Å². The number of rotatable bonds is 10. The molecule has 1 aromatic carbocycles. The highest BCUT2D eigenvalue weighted by Crippen LogP contribution is 2.40. The van der Waals surface area contributed by atoms with Gasteiger partial charge in [-0.25, -0.2) is 13.7 Å². The zero-order chi connectivity index (χ0) is 35.9. The van der Waals surface area contributed by atoms with E-state index in [1.807, 2.05) is 0 Å². The molecule has 0 saturated heterocycles. The lowest BCUT2D eigenvalue weighted by molar-refractivity contribution is -0.142. The van der Waals surface area contributed by atoms with E-state index in [1.54, 1.807) is 34.7 Å². The van der Waals surface area contributed by atoms with E-state index >= 15 is 4.39 Å². The SMILES string of the molecule is Cc1c(CCOc2c(-c3cc(C(F)(F)F)n4ncc(CN(C)C(=O)OC(C)(C)C)c4c3)ccc(F)c2F)c(C(O)C(C)(C)CF)nn1C. The fourth-order valence-electron chi connectivity index (χ4n) is 5.08. The summed E-state index contributed by atoms with van der Waals surface area (Å²) in [4.78, 5) is 13.7. The molecular weight excluding hydrogens is 644 g/mol. The van der Waals surface area contributed by atoms with Crippen molar-refractivity contribution in [2.24, 2.45) is 12.5 Å². The number of alkyl halides is 4. The Morgan fingerprint density at radius 3 is 2.38 bits per heavy atom. The van der Waals surface area contributed by atoms with Crippen LogP contribution in [0.2, 0.25) is 0 Å². The van der Waals surface area contributed by atoms with Gasteiger partial charge < -0.3 is 19.5 Å². The summed E-state index contributed by atoms with van der Waals surface area (Å²) in [6, 6.07) is 3.96. The summed E-state index contributed by atoms with van der Waals surface area (Å²) in [6.45, 7) is 8.50. The number of aromatic nitrogens is 4. The van der Waals surface area contributed by atoms with E-state index in [0.29, 0.717) is 15.8 Å². The van der Waals surface area contributed by atoms with Gasteiger partial charge in [0.2, 0.25) is 5.82 Å². The third-order valence-electron chi connectivity index (χ3n) is 7.89. The molecule has 48 heavy (non-hydrogen) atoms. The monoisotopic (exact) mass is 683 g/mol. The van der Waals surface area contributed by atoms with E-state index in [2.05, 4.69) is 10.2 Å². The van der Waals surface area contributed by atoms with Crippen LogP contribution in [-0.4, -0.2) is 61.4 Å². The Hall–Kier alpha value is -4.27. The third-order valence-corrected chi connectivity index (χ3v) is 7.89. The molecule has 0 spiro atoms. The molecule has 0 bridgehead atoms. The lowest BCUT2D eigenvalue weighted by Crippen LogP contribution is -2.33. The van der Waals surface area contributed by atoms with Gasteiger partial charge in [-0.05, 0) is 57.5 Å². The molecule has 0 saturated carbocycles. The minimum absolute atomic E-state index is 0.0282. The standard InChI is InChI=1S/C33H39F6N5O4/c1-18-21(27(41-43(18)8)29(45)32(5,6)17-34)11-12-47-28-22(9-10-23(35)26(28)36)19-13-24-20(16-42(7)30(46)48-31(2,3)4)15-40-44(24)25(14-19)33(37,38)39/h9-10,13-15,29,45H,11-12,16-17H2,1-8H3. The number of hydrogen-bond donors (Lipinski definition) is 1. The maximum atomic E-state index is 15.3. The smallest absolute Gasteiger partial charge is 0.433 e. The molecule has 1 N–H and O–H groups in total. The van der Waals surface area contributed by atoms with Crippen LogP contribution < -0.4 is 4.74 Å². The van der Waals surface area contributed by atoms with Gasteiger partial charge in [0.15, 0.2) is 11.6 Å². The summed E-state index contributed by atoms with van der Waals surface area (Å²) < 4.78 is 99.7. The predicted molar refractivity (Wildman–Crippen MR) is 165 cm³/mol. The van der Waals surface area contributed by atoms with E-state index in [0.717, 1.165) is 18.2 Å². The molecule has 4 aromatic rings. The molecule has 3 heterocycles. The van der Waals surface area contributed by atoms with Crippen LogP contribution in [0.15, 0.2) is 30.5 Å². The summed E-state index contributed by atoms with van der Waals surface area (Å²) in [5, 5.41) is 19.1. The van der Waals surface area contributed by atoms with Crippen molar-refractivity contribution >= 4 is 11.6 Å². The molecule has 1 atom stereocenters. The summed E-state index contributed by atoms with van der Waals surface area (Å²) in [5.74, 6) is -3.33. The highest BCUT2D eigenvalue weighted by molar-refractivity contribution is 5.76. The van der Waals surface area contributed by atoms with E-state index in [4.69, 9.17) is 9.47 Å². The number of benzene rings is 1. The normalized spacial score (nSPS) is 13.2. The fraction of sp³-hybridized carbons (Fsp3) is 0.485. The van der Waals surface area contributed by atoms with Crippen LogP contribution in [0.25, 0.3) is 16.6 Å². The first-order valence-electron chi connectivity index (χ1n) is 15.1. The van der Waals surface area contributed by atoms with Gasteiger partial charge in [0.05, 0.1) is 37.2 Å². The molecule has 0 aliphatic carbocycles. The van der Waals surface area contributed by atoms with Crippen molar-refractivity contribution in [3.8, 4) is 16.9 Å². The van der Waals surface area contributed by atoms with Crippen molar-refractivity contribution < 1.29 is 45.7 Å². The first-order chi connectivity index (χ1) is 22.2. The Balaban J connectivity index is 1.74. The second kappa shape index (κ2) is 13.3. The molecule has 0 radical (unpaired) electrons. The first-order valence-corrected chi connectivity index (χ1v) is 15.1. The van der Waals surface area contributed by atoms with Gasteiger partial charge in [0.25, 0.3) is 0 Å². The average Bonchev–Trinajstić information content (AvgIpc) is 3.52. The van der Waals surface area contributed by atoms with Crippen LogP contribution in [0.5, 0.6) is 5.75 Å². The van der Waals surface area contributed by atoms with Gasteiger partial charge in [-0.15, -0.1) is 0 Å². The predicted octanol–water partition coefficient (Wildman–Crippen LogP) is 7.36. The molecule has 15 heteroatoms. The van der Waals surface area contributed by atoms with E-state index < -0.39 is 59.1 Å². The number of aliphatic hydroxyl groups excluding tert-OH is 1. The average molecular weight is 684 g/mol. The van der Waals surface area contributed by atoms with Crippen LogP contribution >= 0.6 is 0 Å². The van der Waals surface area contributed by atoms with Crippen molar-refractivity contribution in [2.45, 2.75) is 72.4 Å². The highest BCUT2D eigenvalue weighted by Gasteiger charge is 2.36. The summed E-state index contributed by atoms with van der Waals surface area (Å²) in [5.41, 5.74) is -1.98. The highest BCUT2D eigenvalue weighted by atomic mass is 19.4. The third kappa shape index (κ3) is 7.55. The zero-order valence-corrected chi connectivity index (χ0v) is 28.0. The quantitative estimate of drug-likeness (QED) is 0.176. The Morgan fingerprint density at radius 1 is 1.10 bits per heavy atom. The van der Waals surface area contributed by atoms with Crippen molar-refractivity contribution in [2.75, 3.05) is 20.3 Å². The molecule has 4 rings (SSSR count). The molecule has 0 aliphatic heterocycles. The van der Waals surface area contributed by atoms with E-state index in [9.17, 15) is 31.9 Å². The fourth-order valence-corrected chi connectivity index (χ4v) is 5.08. The van der Waals surface area contributed by atoms with Crippen LogP contribution in [-0.2, 0) is 30.9 Å². The van der Waals surface area contributed by atoms with Gasteiger partial charge in [0.1, 0.15) is 17.4 Å². The summed E-state index contributed by atoms with van der Waals surface area (Å²) >= 11 is 0. The second-order valence-corrected chi connectivity index (χ2v) is 13.4. The van der Waals surface area contributed by atoms with Gasteiger partial charge >= 0.3 is 12.3 Å². The minimum atomic E-state index is -4.91. The number of aryl methyl sites for hydroxylation is 1. The Morgan fingerprint density at radius 2 is 1.77 bits per heavy atom. The second-order valence-electron chi connectivity index (χ2n) is 13.4. The van der Waals surface area contributed by atoms with Crippen LogP contribution in [0, 0.1) is 24.0 Å². The van der Waals surface area contributed by atoms with Gasteiger partial charge in [-0.2, -0.15) is 27.8 Å². The Kier molecular flexibility index (Phi) is 10.1. The summed E-state index contributed by atoms with van der Waals surface area (Å²) in [7, 11) is 3.05. The van der Waals surface area contributed by atoms with Crippen LogP contribution in [0.4, 0.5) is 31.1 Å². The van der Waals surface area contributed by atoms with Gasteiger partial charge in [-0.1, -0.05) is 13.8 Å². The number of carbonyl (C=O) groups is 1. The number of nitrogens with zero attached hydrogens (tertiary/aromatic N) is 5. The van der Waals surface area contributed by atoms with Gasteiger partial charge in [-0.3, -0.25) is 9.07 Å². The number of fused-ring (bicyclic) bond motifs is 1. The zero-order valence-electron chi connectivity index (χ0n) is 28.0. The molecule has 9 nitrogen and oxygen atoms in total. The molecule has 1 amide bonds. The number of halogens is 6. The van der Waals surface area contributed by atoms with Crippen molar-refractivity contribution in [3.63, 3.8) is 0 Å².